The summed E-state index contributed by atoms with van der Waals surface area (Å²) in [5.74, 6) is 2.29. The number of hydrogen-bond acceptors (Lipinski definition) is 3. The van der Waals surface area contributed by atoms with Crippen LogP contribution in [0.3, 0.4) is 0 Å². The molecule has 1 aromatic carbocycles. The van der Waals surface area contributed by atoms with E-state index in [1.807, 2.05) is 50.2 Å². The molecule has 0 saturated heterocycles. The molecule has 100 valence electrons. The fourth-order valence-corrected chi connectivity index (χ4v) is 2.15. The molecule has 1 heterocycles. The molecule has 3 heteroatoms. The lowest BCUT2D eigenvalue weighted by Crippen LogP contribution is -2.31. The highest BCUT2D eigenvalue weighted by Crippen LogP contribution is 2.34. The second-order valence-electron chi connectivity index (χ2n) is 4.82. The molecule has 0 saturated carbocycles. The number of hydrogen-bond donors (Lipinski definition) is 0. The summed E-state index contributed by atoms with van der Waals surface area (Å²) in [5, 5.41) is 0. The van der Waals surface area contributed by atoms with Gasteiger partial charge in [-0.3, -0.25) is 4.79 Å². The zero-order chi connectivity index (χ0) is 14.0. The summed E-state index contributed by atoms with van der Waals surface area (Å²) >= 11 is 0. The minimum Gasteiger partial charge on any atom is -0.497 e. The third-order valence-electron chi connectivity index (χ3n) is 3.60. The Bertz CT molecular complexity index is 580. The zero-order valence-electron chi connectivity index (χ0n) is 11.7. The highest BCUT2D eigenvalue weighted by Gasteiger charge is 2.37. The number of benzene rings is 1. The molecule has 1 unspecified atom stereocenters. The molecule has 0 radical (unpaired) electrons. The monoisotopic (exact) mass is 258 g/mol. The van der Waals surface area contributed by atoms with Crippen LogP contribution in [0.5, 0.6) is 5.75 Å². The molecule has 19 heavy (non-hydrogen) atoms. The van der Waals surface area contributed by atoms with Gasteiger partial charge in [0.25, 0.3) is 0 Å². The van der Waals surface area contributed by atoms with E-state index in [4.69, 9.17) is 9.15 Å². The van der Waals surface area contributed by atoms with Crippen LogP contribution in [0, 0.1) is 6.92 Å². The Hall–Kier alpha value is -2.03. The van der Waals surface area contributed by atoms with E-state index < -0.39 is 5.41 Å². The number of aryl methyl sites for hydroxylation is 1. The largest absolute Gasteiger partial charge is 0.497 e. The third kappa shape index (κ3) is 2.28. The second kappa shape index (κ2) is 4.92. The van der Waals surface area contributed by atoms with E-state index in [2.05, 4.69) is 0 Å². The van der Waals surface area contributed by atoms with Gasteiger partial charge in [-0.2, -0.15) is 0 Å². The predicted molar refractivity (Wildman–Crippen MR) is 73.6 cm³/mol. The van der Waals surface area contributed by atoms with E-state index >= 15 is 0 Å². The Morgan fingerprint density at radius 1 is 1.16 bits per heavy atom. The normalized spacial score (nSPS) is 13.9. The van der Waals surface area contributed by atoms with E-state index in [0.29, 0.717) is 5.76 Å². The summed E-state index contributed by atoms with van der Waals surface area (Å²) in [7, 11) is 1.62. The van der Waals surface area contributed by atoms with Crippen LogP contribution in [-0.2, 0) is 10.2 Å². The molecule has 0 amide bonds. The van der Waals surface area contributed by atoms with Crippen LogP contribution in [0.2, 0.25) is 0 Å². The molecule has 0 fully saturated rings. The van der Waals surface area contributed by atoms with E-state index in [1.165, 1.54) is 0 Å². The summed E-state index contributed by atoms with van der Waals surface area (Å²) in [5.41, 5.74) is 0.135. The van der Waals surface area contributed by atoms with Gasteiger partial charge < -0.3 is 9.15 Å². The van der Waals surface area contributed by atoms with Crippen LogP contribution in [-0.4, -0.2) is 12.9 Å². The molecule has 0 aliphatic carbocycles. The second-order valence-corrected chi connectivity index (χ2v) is 4.82. The van der Waals surface area contributed by atoms with Crippen molar-refractivity contribution in [3.63, 3.8) is 0 Å². The number of furan rings is 1. The van der Waals surface area contributed by atoms with Gasteiger partial charge >= 0.3 is 0 Å². The standard InChI is InChI=1S/C16H18O3/c1-11-5-10-15(19-11)16(3,12(2)17)13-6-8-14(18-4)9-7-13/h5-10H,1-4H3. The number of rotatable bonds is 4. The van der Waals surface area contributed by atoms with Crippen molar-refractivity contribution in [1.82, 2.24) is 0 Å². The quantitative estimate of drug-likeness (QED) is 0.842. The van der Waals surface area contributed by atoms with Crippen LogP contribution in [0.1, 0.15) is 30.9 Å². The molecule has 1 atom stereocenters. The summed E-state index contributed by atoms with van der Waals surface area (Å²) in [4.78, 5) is 12.1. The maximum atomic E-state index is 12.1. The topological polar surface area (TPSA) is 39.4 Å². The summed E-state index contributed by atoms with van der Waals surface area (Å²) in [6.45, 7) is 5.34. The molecule has 3 nitrogen and oxygen atoms in total. The summed E-state index contributed by atoms with van der Waals surface area (Å²) < 4.78 is 10.8. The first-order valence-corrected chi connectivity index (χ1v) is 6.21. The molecule has 2 aromatic rings. The Kier molecular flexibility index (Phi) is 3.47. The number of methoxy groups -OCH3 is 1. The highest BCUT2D eigenvalue weighted by molar-refractivity contribution is 5.90. The zero-order valence-corrected chi connectivity index (χ0v) is 11.7. The van der Waals surface area contributed by atoms with Crippen molar-refractivity contribution in [2.45, 2.75) is 26.2 Å². The van der Waals surface area contributed by atoms with Gasteiger partial charge in [-0.25, -0.2) is 0 Å². The molecule has 0 bridgehead atoms. The van der Waals surface area contributed by atoms with Crippen molar-refractivity contribution < 1.29 is 13.9 Å². The highest BCUT2D eigenvalue weighted by atomic mass is 16.5. The third-order valence-corrected chi connectivity index (χ3v) is 3.60. The van der Waals surface area contributed by atoms with E-state index in [9.17, 15) is 4.79 Å². The number of ketones is 1. The lowest BCUT2D eigenvalue weighted by atomic mass is 9.77. The van der Waals surface area contributed by atoms with E-state index in [0.717, 1.165) is 17.1 Å². The minimum atomic E-state index is -0.763. The Morgan fingerprint density at radius 2 is 1.79 bits per heavy atom. The average molecular weight is 258 g/mol. The average Bonchev–Trinajstić information content (AvgIpc) is 2.84. The van der Waals surface area contributed by atoms with Gasteiger partial charge in [0.2, 0.25) is 0 Å². The van der Waals surface area contributed by atoms with Crippen LogP contribution < -0.4 is 4.74 Å². The Labute approximate surface area is 113 Å². The van der Waals surface area contributed by atoms with Gasteiger partial charge in [0.15, 0.2) is 0 Å². The molecule has 0 spiro atoms. The van der Waals surface area contributed by atoms with Gasteiger partial charge in [0, 0.05) is 0 Å². The van der Waals surface area contributed by atoms with Crippen LogP contribution in [0.15, 0.2) is 40.8 Å². The van der Waals surface area contributed by atoms with Crippen LogP contribution in [0.25, 0.3) is 0 Å². The van der Waals surface area contributed by atoms with Crippen molar-refractivity contribution in [2.75, 3.05) is 7.11 Å². The number of carbonyl (C=O) groups excluding carboxylic acids is 1. The number of ether oxygens (including phenoxy) is 1. The SMILES string of the molecule is COc1ccc(C(C)(C(C)=O)c2ccc(C)o2)cc1. The fraction of sp³-hybridized carbons (Fsp3) is 0.312. The molecule has 0 aliphatic rings. The van der Waals surface area contributed by atoms with E-state index in [-0.39, 0.29) is 5.78 Å². The maximum absolute atomic E-state index is 12.1. The minimum absolute atomic E-state index is 0.0482. The molecule has 1 aromatic heterocycles. The first-order valence-electron chi connectivity index (χ1n) is 6.21. The van der Waals surface area contributed by atoms with Gasteiger partial charge in [-0.1, -0.05) is 12.1 Å². The molecule has 0 aliphatic heterocycles. The molecular weight excluding hydrogens is 240 g/mol. The molecular formula is C16H18O3. The summed E-state index contributed by atoms with van der Waals surface area (Å²) in [6.07, 6.45) is 0. The first kappa shape index (κ1) is 13.4. The molecule has 2 rings (SSSR count). The van der Waals surface area contributed by atoms with Crippen LogP contribution in [0.4, 0.5) is 0 Å². The van der Waals surface area contributed by atoms with Crippen molar-refractivity contribution in [1.29, 1.82) is 0 Å². The van der Waals surface area contributed by atoms with Crippen LogP contribution >= 0.6 is 0 Å². The van der Waals surface area contributed by atoms with Crippen molar-refractivity contribution in [3.8, 4) is 5.75 Å². The van der Waals surface area contributed by atoms with Gasteiger partial charge in [-0.05, 0) is 50.6 Å². The molecule has 0 N–H and O–H groups in total. The number of carbonyl (C=O) groups is 1. The first-order chi connectivity index (χ1) is 8.98. The van der Waals surface area contributed by atoms with Crippen molar-refractivity contribution in [2.24, 2.45) is 0 Å². The predicted octanol–water partition coefficient (Wildman–Crippen LogP) is 3.49. The van der Waals surface area contributed by atoms with Crippen molar-refractivity contribution >= 4 is 5.78 Å². The lowest BCUT2D eigenvalue weighted by molar-refractivity contribution is -0.121. The summed E-state index contributed by atoms with van der Waals surface area (Å²) in [6, 6.07) is 11.2. The van der Waals surface area contributed by atoms with Gasteiger partial charge in [-0.15, -0.1) is 0 Å². The fourth-order valence-electron chi connectivity index (χ4n) is 2.15. The van der Waals surface area contributed by atoms with Crippen molar-refractivity contribution in [3.05, 3.63) is 53.5 Å². The van der Waals surface area contributed by atoms with Gasteiger partial charge in [0.05, 0.1) is 7.11 Å². The Balaban J connectivity index is 2.52. The smallest absolute Gasteiger partial charge is 0.147 e. The lowest BCUT2D eigenvalue weighted by Gasteiger charge is -2.25. The van der Waals surface area contributed by atoms with E-state index in [1.54, 1.807) is 14.0 Å². The van der Waals surface area contributed by atoms with Gasteiger partial charge in [0.1, 0.15) is 28.5 Å². The maximum Gasteiger partial charge on any atom is 0.147 e. The number of Topliss-reactive ketones (excluding diaryl/α,β-unsaturated/α-hetero) is 1. The Morgan fingerprint density at radius 3 is 2.21 bits per heavy atom.